The van der Waals surface area contributed by atoms with E-state index in [9.17, 15) is 42.0 Å². The summed E-state index contributed by atoms with van der Waals surface area (Å²) in [4.78, 5) is 98.4. The number of methoxy groups -OCH3 is 2. The van der Waals surface area contributed by atoms with Crippen LogP contribution in [-0.4, -0.2) is 149 Å². The van der Waals surface area contributed by atoms with E-state index in [1.165, 1.54) is 38.5 Å². The number of unbranched alkanes of at least 4 members (excludes halogenated alkanes) is 1. The van der Waals surface area contributed by atoms with Crippen molar-refractivity contribution in [2.75, 3.05) is 41.9 Å². The molecule has 1 aliphatic rings. The first kappa shape index (κ1) is 61.8. The van der Waals surface area contributed by atoms with E-state index in [1.54, 1.807) is 23.8 Å². The van der Waals surface area contributed by atoms with Crippen molar-refractivity contribution in [3.05, 3.63) is 29.8 Å². The van der Waals surface area contributed by atoms with E-state index in [4.69, 9.17) is 20.9 Å². The number of likely N-dealkylation sites (N-methyl/N-ethyl adjacent to an activating group) is 2. The highest BCUT2D eigenvalue weighted by Crippen LogP contribution is 2.30. The van der Waals surface area contributed by atoms with Gasteiger partial charge in [-0.15, -0.1) is 0 Å². The zero-order valence-corrected chi connectivity index (χ0v) is 45.3. The van der Waals surface area contributed by atoms with Gasteiger partial charge < -0.3 is 36.1 Å². The van der Waals surface area contributed by atoms with Crippen molar-refractivity contribution < 1.29 is 51.5 Å². The highest BCUT2D eigenvalue weighted by atomic mass is 32.2. The molecule has 398 valence electrons. The Morgan fingerprint density at radius 1 is 0.829 bits per heavy atom. The number of nitrogens with zero attached hydrogens (tertiary/aromatic N) is 3. The van der Waals surface area contributed by atoms with Gasteiger partial charge in [0.05, 0.1) is 53.6 Å². The highest BCUT2D eigenvalue weighted by molar-refractivity contribution is 7.90. The van der Waals surface area contributed by atoms with Crippen LogP contribution in [0.2, 0.25) is 0 Å². The SMILES string of the molecule is CC[C@H](C)[C@@H]([C@@H](CC(=O)N1CCC[C@H]1[C@H](OC)[C@@H](C)C(=O)NS(=O)(=O)c1ccc(CC(=O)[C@H](CCCCC(N)=O)CC(=O)[C@@H](N)C(C)C)cc1)OC)N(C)C(=O)[C@@H](NC(=O)[C@H](C(C)C)N(C)C)C(C)C. The standard InChI is InChI=1S/C51H87N7O11S/c1-15-33(8)47(57(12)51(65)45(31(4)5)54-50(64)46(32(6)7)56(10)11)41(68-13)29-43(62)58-26-18-20-38(58)48(69-14)34(9)49(63)55-70(66,67)37-24-22-35(23-25-37)27-39(59)36(19-16-17-21-42(52)61)28-40(60)44(53)30(2)3/h22-25,30-34,36,38,41,44-48H,15-21,26-29,53H2,1-14H3,(H2,52,61)(H,54,64)(H,55,63)/t33-,34+,36+,38-,41+,44-,45-,46-,47-,48+/m0/s1. The van der Waals surface area contributed by atoms with Gasteiger partial charge in [0.2, 0.25) is 29.5 Å². The summed E-state index contributed by atoms with van der Waals surface area (Å²) in [6, 6.07) is 2.43. The Hall–Kier alpha value is -4.30. The van der Waals surface area contributed by atoms with Gasteiger partial charge in [0.15, 0.2) is 5.78 Å². The third-order valence-corrected chi connectivity index (χ3v) is 15.4. The summed E-state index contributed by atoms with van der Waals surface area (Å²) in [6.07, 6.45) is 1.43. The van der Waals surface area contributed by atoms with Crippen molar-refractivity contribution in [1.29, 1.82) is 0 Å². The number of nitrogens with two attached hydrogens (primary N) is 2. The molecule has 1 aromatic rings. The number of ether oxygens (including phenoxy) is 2. The molecule has 10 atom stereocenters. The molecule has 0 saturated carbocycles. The summed E-state index contributed by atoms with van der Waals surface area (Å²) in [5.41, 5.74) is 11.9. The van der Waals surface area contributed by atoms with Crippen molar-refractivity contribution in [3.63, 3.8) is 0 Å². The molecule has 0 aromatic heterocycles. The number of ketones is 2. The second-order valence-corrected chi connectivity index (χ2v) is 22.3. The molecule has 1 heterocycles. The summed E-state index contributed by atoms with van der Waals surface area (Å²) >= 11 is 0. The molecule has 1 saturated heterocycles. The molecule has 5 amide bonds. The van der Waals surface area contributed by atoms with Crippen molar-refractivity contribution >= 4 is 51.1 Å². The Balaban J connectivity index is 2.25. The van der Waals surface area contributed by atoms with Crippen LogP contribution in [0.4, 0.5) is 0 Å². The molecule has 70 heavy (non-hydrogen) atoms. The Labute approximate surface area is 418 Å². The largest absolute Gasteiger partial charge is 0.379 e. The minimum absolute atomic E-state index is 0.000110. The van der Waals surface area contributed by atoms with E-state index in [0.29, 0.717) is 50.6 Å². The number of hydrogen-bond acceptors (Lipinski definition) is 13. The fourth-order valence-corrected chi connectivity index (χ4v) is 10.7. The van der Waals surface area contributed by atoms with Crippen molar-refractivity contribution in [2.45, 2.75) is 174 Å². The van der Waals surface area contributed by atoms with Crippen molar-refractivity contribution in [3.8, 4) is 0 Å². The van der Waals surface area contributed by atoms with E-state index in [-0.39, 0.29) is 83.5 Å². The molecule has 0 radical (unpaired) electrons. The lowest BCUT2D eigenvalue weighted by atomic mass is 9.85. The fraction of sp³-hybridized carbons (Fsp3) is 0.745. The predicted octanol–water partition coefficient (Wildman–Crippen LogP) is 3.85. The summed E-state index contributed by atoms with van der Waals surface area (Å²) in [5.74, 6) is -4.69. The maximum atomic E-state index is 14.3. The number of benzene rings is 1. The van der Waals surface area contributed by atoms with Gasteiger partial charge in [-0.3, -0.25) is 38.5 Å². The van der Waals surface area contributed by atoms with E-state index >= 15 is 0 Å². The Bertz CT molecular complexity index is 2000. The minimum atomic E-state index is -4.39. The molecule has 1 aliphatic heterocycles. The number of likely N-dealkylation sites (tertiary alicyclic amines) is 1. The van der Waals surface area contributed by atoms with Crippen LogP contribution in [0, 0.1) is 35.5 Å². The van der Waals surface area contributed by atoms with Crippen LogP contribution in [0.25, 0.3) is 0 Å². The van der Waals surface area contributed by atoms with Gasteiger partial charge in [-0.1, -0.05) is 87.3 Å². The van der Waals surface area contributed by atoms with Crippen LogP contribution in [0.1, 0.15) is 126 Å². The average molecular weight is 1010 g/mol. The number of carbonyl (C=O) groups is 7. The van der Waals surface area contributed by atoms with Gasteiger partial charge in [0, 0.05) is 53.0 Å². The number of Topliss-reactive ketones (excluding diaryl/α,β-unsaturated/α-hetero) is 2. The Morgan fingerprint density at radius 3 is 1.94 bits per heavy atom. The Morgan fingerprint density at radius 2 is 1.44 bits per heavy atom. The second kappa shape index (κ2) is 28.7. The number of rotatable bonds is 31. The predicted molar refractivity (Wildman–Crippen MR) is 269 cm³/mol. The number of hydrogen-bond donors (Lipinski definition) is 4. The van der Waals surface area contributed by atoms with Gasteiger partial charge >= 0.3 is 0 Å². The second-order valence-electron chi connectivity index (χ2n) is 20.6. The summed E-state index contributed by atoms with van der Waals surface area (Å²) in [5, 5.41) is 3.01. The molecule has 19 heteroatoms. The molecule has 0 unspecified atom stereocenters. The van der Waals surface area contributed by atoms with Gasteiger partial charge in [-0.25, -0.2) is 13.1 Å². The first-order chi connectivity index (χ1) is 32.6. The van der Waals surface area contributed by atoms with Crippen LogP contribution in [0.15, 0.2) is 29.2 Å². The monoisotopic (exact) mass is 1010 g/mol. The fourth-order valence-electron chi connectivity index (χ4n) is 9.65. The third-order valence-electron chi connectivity index (χ3n) is 14.0. The minimum Gasteiger partial charge on any atom is -0.379 e. The van der Waals surface area contributed by atoms with E-state index in [2.05, 4.69) is 10.0 Å². The van der Waals surface area contributed by atoms with Gasteiger partial charge in [-0.05, 0) is 81.1 Å². The molecule has 0 spiro atoms. The molecule has 1 aromatic carbocycles. The molecular weight excluding hydrogens is 919 g/mol. The van der Waals surface area contributed by atoms with Gasteiger partial charge in [0.1, 0.15) is 11.8 Å². The van der Waals surface area contributed by atoms with Gasteiger partial charge in [0.25, 0.3) is 10.0 Å². The molecule has 1 fully saturated rings. The topological polar surface area (TPSA) is 258 Å². The number of amides is 5. The maximum absolute atomic E-state index is 14.3. The van der Waals surface area contributed by atoms with Crippen molar-refractivity contribution in [2.24, 2.45) is 47.0 Å². The maximum Gasteiger partial charge on any atom is 0.264 e. The number of nitrogens with one attached hydrogen (secondary N) is 2. The smallest absolute Gasteiger partial charge is 0.264 e. The quantitative estimate of drug-likeness (QED) is 0.0772. The van der Waals surface area contributed by atoms with E-state index in [0.717, 1.165) is 0 Å². The molecule has 0 bridgehead atoms. The van der Waals surface area contributed by atoms with Crippen LogP contribution in [0.5, 0.6) is 0 Å². The lowest BCUT2D eigenvalue weighted by Gasteiger charge is -2.41. The molecular formula is C51H87N7O11S. The normalized spacial score (nSPS) is 18.2. The lowest BCUT2D eigenvalue weighted by Crippen LogP contribution is -2.59. The van der Waals surface area contributed by atoms with E-state index in [1.807, 2.05) is 74.4 Å². The van der Waals surface area contributed by atoms with Crippen LogP contribution in [0.3, 0.4) is 0 Å². The molecule has 2 rings (SSSR count). The first-order valence-corrected chi connectivity index (χ1v) is 26.5. The van der Waals surface area contributed by atoms with Crippen LogP contribution >= 0.6 is 0 Å². The third kappa shape index (κ3) is 17.5. The highest BCUT2D eigenvalue weighted by Gasteiger charge is 2.44. The average Bonchev–Trinajstić information content (AvgIpc) is 3.77. The van der Waals surface area contributed by atoms with Gasteiger partial charge in [-0.2, -0.15) is 0 Å². The zero-order chi connectivity index (χ0) is 53.4. The number of primary amides is 1. The Kier molecular flexibility index (Phi) is 25.3. The molecule has 6 N–H and O–H groups in total. The first-order valence-electron chi connectivity index (χ1n) is 25.0. The summed E-state index contributed by atoms with van der Waals surface area (Å²) < 4.78 is 41.2. The van der Waals surface area contributed by atoms with Crippen LogP contribution in [-0.2, 0) is 59.5 Å². The molecule has 18 nitrogen and oxygen atoms in total. The summed E-state index contributed by atoms with van der Waals surface area (Å²) in [7, 11) is 3.85. The number of carbonyl (C=O) groups excluding carboxylic acids is 7. The number of sulfonamides is 1. The molecule has 0 aliphatic carbocycles. The summed E-state index contributed by atoms with van der Waals surface area (Å²) in [6.45, 7) is 17.2. The van der Waals surface area contributed by atoms with Crippen molar-refractivity contribution in [1.82, 2.24) is 24.7 Å². The zero-order valence-electron chi connectivity index (χ0n) is 44.5. The lowest BCUT2D eigenvalue weighted by molar-refractivity contribution is -0.148. The van der Waals surface area contributed by atoms with Crippen LogP contribution < -0.4 is 21.5 Å². The van der Waals surface area contributed by atoms with E-state index < -0.39 is 76.1 Å².